The fraction of sp³-hybridized carbons (Fsp3) is 0.240. The van der Waals surface area contributed by atoms with Gasteiger partial charge in [0, 0.05) is 6.54 Å². The van der Waals surface area contributed by atoms with Gasteiger partial charge in [0.15, 0.2) is 11.4 Å². The van der Waals surface area contributed by atoms with Gasteiger partial charge in [-0.05, 0) is 24.5 Å². The van der Waals surface area contributed by atoms with E-state index >= 15 is 0 Å². The predicted octanol–water partition coefficient (Wildman–Crippen LogP) is 5.60. The van der Waals surface area contributed by atoms with Crippen LogP contribution in [0.5, 0.6) is 5.75 Å². The van der Waals surface area contributed by atoms with Crippen LogP contribution in [0.2, 0.25) is 0 Å². The molecule has 0 aliphatic rings. The molecule has 2 aromatic carbocycles. The predicted molar refractivity (Wildman–Crippen MR) is 129 cm³/mol. The van der Waals surface area contributed by atoms with Crippen molar-refractivity contribution >= 4 is 34.5 Å². The van der Waals surface area contributed by atoms with Gasteiger partial charge in [-0.2, -0.15) is 5.10 Å². The lowest BCUT2D eigenvalue weighted by Crippen LogP contribution is -2.13. The summed E-state index contributed by atoms with van der Waals surface area (Å²) in [6.07, 6.45) is 3.24. The SMILES string of the molecule is CCOC(=O)Oc1cnc2c(cnn2CC(Cl)c2ccccc2)c1NCCc1ccccc1. The zero-order valence-electron chi connectivity index (χ0n) is 18.3. The molecule has 1 atom stereocenters. The lowest BCUT2D eigenvalue weighted by molar-refractivity contribution is 0.104. The number of anilines is 1. The van der Waals surface area contributed by atoms with E-state index in [1.165, 1.54) is 11.8 Å². The van der Waals surface area contributed by atoms with E-state index in [-0.39, 0.29) is 12.0 Å². The van der Waals surface area contributed by atoms with Crippen LogP contribution in [0.3, 0.4) is 0 Å². The van der Waals surface area contributed by atoms with Gasteiger partial charge in [0.1, 0.15) is 0 Å². The second-order valence-electron chi connectivity index (χ2n) is 7.39. The van der Waals surface area contributed by atoms with E-state index < -0.39 is 6.16 Å². The van der Waals surface area contributed by atoms with Crippen molar-refractivity contribution in [2.24, 2.45) is 0 Å². The zero-order chi connectivity index (χ0) is 23.0. The largest absolute Gasteiger partial charge is 0.513 e. The van der Waals surface area contributed by atoms with Gasteiger partial charge in [0.2, 0.25) is 0 Å². The Bertz CT molecular complexity index is 1200. The van der Waals surface area contributed by atoms with E-state index in [9.17, 15) is 4.79 Å². The first kappa shape index (κ1) is 22.6. The molecule has 0 radical (unpaired) electrons. The van der Waals surface area contributed by atoms with Gasteiger partial charge in [0.05, 0.1) is 42.0 Å². The smallest absolute Gasteiger partial charge is 0.434 e. The number of carbonyl (C=O) groups excluding carboxylic acids is 1. The molecule has 0 aliphatic heterocycles. The van der Waals surface area contributed by atoms with Crippen molar-refractivity contribution in [1.29, 1.82) is 0 Å². The molecule has 4 rings (SSSR count). The Kier molecular flexibility index (Phi) is 7.42. The van der Waals surface area contributed by atoms with Crippen molar-refractivity contribution in [2.45, 2.75) is 25.3 Å². The summed E-state index contributed by atoms with van der Waals surface area (Å²) in [5.41, 5.74) is 3.49. The molecule has 0 saturated heterocycles. The molecular formula is C25H25ClN4O3. The average molecular weight is 465 g/mol. The summed E-state index contributed by atoms with van der Waals surface area (Å²) in [5, 5.41) is 8.37. The van der Waals surface area contributed by atoms with Gasteiger partial charge in [0.25, 0.3) is 0 Å². The van der Waals surface area contributed by atoms with Crippen molar-refractivity contribution in [2.75, 3.05) is 18.5 Å². The molecule has 2 aromatic heterocycles. The van der Waals surface area contributed by atoms with E-state index in [1.54, 1.807) is 17.8 Å². The highest BCUT2D eigenvalue weighted by molar-refractivity contribution is 6.20. The first-order chi connectivity index (χ1) is 16.2. The van der Waals surface area contributed by atoms with Crippen molar-refractivity contribution < 1.29 is 14.3 Å². The standard InChI is InChI=1S/C25H25ClN4O3/c1-2-32-25(31)33-22-16-28-24-20(23(22)27-14-13-18-9-5-3-6-10-18)15-29-30(24)17-21(26)19-11-7-4-8-12-19/h3-12,15-16,21H,2,13-14,17H2,1H3,(H,27,28). The molecule has 0 spiro atoms. The second-order valence-corrected chi connectivity index (χ2v) is 7.91. The lowest BCUT2D eigenvalue weighted by Gasteiger charge is -2.14. The molecular weight excluding hydrogens is 440 g/mol. The maximum atomic E-state index is 12.0. The van der Waals surface area contributed by atoms with Crippen LogP contribution in [-0.2, 0) is 17.7 Å². The molecule has 7 nitrogen and oxygen atoms in total. The molecule has 1 N–H and O–H groups in total. The number of fused-ring (bicyclic) bond motifs is 1. The van der Waals surface area contributed by atoms with Gasteiger partial charge < -0.3 is 14.8 Å². The third-order valence-electron chi connectivity index (χ3n) is 5.14. The third-order valence-corrected chi connectivity index (χ3v) is 5.53. The third kappa shape index (κ3) is 5.62. The quantitative estimate of drug-likeness (QED) is 0.256. The number of halogens is 1. The minimum Gasteiger partial charge on any atom is -0.434 e. The summed E-state index contributed by atoms with van der Waals surface area (Å²) < 4.78 is 12.1. The summed E-state index contributed by atoms with van der Waals surface area (Å²) in [7, 11) is 0. The van der Waals surface area contributed by atoms with E-state index in [0.717, 1.165) is 17.4 Å². The molecule has 2 heterocycles. The molecule has 33 heavy (non-hydrogen) atoms. The lowest BCUT2D eigenvalue weighted by atomic mass is 10.1. The van der Waals surface area contributed by atoms with Crippen LogP contribution in [0.25, 0.3) is 11.0 Å². The summed E-state index contributed by atoms with van der Waals surface area (Å²) in [6, 6.07) is 20.0. The molecule has 0 fully saturated rings. The Labute approximate surface area is 197 Å². The number of nitrogens with one attached hydrogen (secondary N) is 1. The van der Waals surface area contributed by atoms with Crippen molar-refractivity contribution in [3.05, 3.63) is 84.2 Å². The number of ether oxygens (including phenoxy) is 2. The average Bonchev–Trinajstić information content (AvgIpc) is 3.24. The summed E-state index contributed by atoms with van der Waals surface area (Å²) in [5.74, 6) is 0.291. The Hall–Kier alpha value is -3.58. The first-order valence-electron chi connectivity index (χ1n) is 10.8. The molecule has 170 valence electrons. The highest BCUT2D eigenvalue weighted by atomic mass is 35.5. The topological polar surface area (TPSA) is 78.3 Å². The van der Waals surface area contributed by atoms with Gasteiger partial charge in [-0.15, -0.1) is 11.6 Å². The van der Waals surface area contributed by atoms with E-state index in [4.69, 9.17) is 21.1 Å². The summed E-state index contributed by atoms with van der Waals surface area (Å²) in [4.78, 5) is 16.5. The van der Waals surface area contributed by atoms with Crippen molar-refractivity contribution in [3.63, 3.8) is 0 Å². The maximum absolute atomic E-state index is 12.0. The van der Waals surface area contributed by atoms with E-state index in [1.807, 2.05) is 48.5 Å². The fourth-order valence-corrected chi connectivity index (χ4v) is 3.81. The minimum absolute atomic E-state index is 0.222. The van der Waals surface area contributed by atoms with Crippen LogP contribution in [0.15, 0.2) is 73.1 Å². The maximum Gasteiger partial charge on any atom is 0.513 e. The second kappa shape index (κ2) is 10.8. The number of nitrogens with zero attached hydrogens (tertiary/aromatic N) is 3. The van der Waals surface area contributed by atoms with Gasteiger partial charge in [-0.25, -0.2) is 14.5 Å². The molecule has 0 bridgehead atoms. The molecule has 1 unspecified atom stereocenters. The van der Waals surface area contributed by atoms with Gasteiger partial charge >= 0.3 is 6.16 Å². The van der Waals surface area contributed by atoms with Crippen molar-refractivity contribution in [3.8, 4) is 5.75 Å². The summed E-state index contributed by atoms with van der Waals surface area (Å²) in [6.45, 7) is 3.03. The minimum atomic E-state index is -0.776. The molecule has 0 amide bonds. The highest BCUT2D eigenvalue weighted by Gasteiger charge is 2.19. The Morgan fingerprint density at radius 2 is 1.82 bits per heavy atom. The number of carbonyl (C=O) groups is 1. The van der Waals surface area contributed by atoms with E-state index in [2.05, 4.69) is 27.5 Å². The highest BCUT2D eigenvalue weighted by Crippen LogP contribution is 2.33. The van der Waals surface area contributed by atoms with Crippen LogP contribution >= 0.6 is 11.6 Å². The van der Waals surface area contributed by atoms with Gasteiger partial charge in [-0.1, -0.05) is 60.7 Å². The number of hydrogen-bond donors (Lipinski definition) is 1. The van der Waals surface area contributed by atoms with Crippen LogP contribution in [0, 0.1) is 0 Å². The fourth-order valence-electron chi connectivity index (χ4n) is 3.53. The number of aromatic nitrogens is 3. The van der Waals surface area contributed by atoms with Crippen LogP contribution < -0.4 is 10.1 Å². The Balaban J connectivity index is 1.60. The number of pyridine rings is 1. The number of alkyl halides is 1. The van der Waals surface area contributed by atoms with Crippen LogP contribution in [-0.4, -0.2) is 34.1 Å². The van der Waals surface area contributed by atoms with Crippen LogP contribution in [0.1, 0.15) is 23.4 Å². The monoisotopic (exact) mass is 464 g/mol. The molecule has 0 saturated carbocycles. The number of hydrogen-bond acceptors (Lipinski definition) is 6. The Morgan fingerprint density at radius 3 is 2.55 bits per heavy atom. The van der Waals surface area contributed by atoms with Crippen LogP contribution in [0.4, 0.5) is 10.5 Å². The molecule has 4 aromatic rings. The van der Waals surface area contributed by atoms with Gasteiger partial charge in [-0.3, -0.25) is 0 Å². The van der Waals surface area contributed by atoms with E-state index in [0.29, 0.717) is 30.2 Å². The summed E-state index contributed by atoms with van der Waals surface area (Å²) >= 11 is 6.63. The zero-order valence-corrected chi connectivity index (χ0v) is 19.0. The Morgan fingerprint density at radius 1 is 1.09 bits per heavy atom. The molecule has 8 heteroatoms. The number of rotatable bonds is 9. The first-order valence-corrected chi connectivity index (χ1v) is 11.2. The number of benzene rings is 2. The van der Waals surface area contributed by atoms with Crippen molar-refractivity contribution in [1.82, 2.24) is 14.8 Å². The normalized spacial score (nSPS) is 11.8. The molecule has 0 aliphatic carbocycles.